The molecule has 0 aliphatic carbocycles. The highest BCUT2D eigenvalue weighted by atomic mass is 35.5. The van der Waals surface area contributed by atoms with Gasteiger partial charge in [0.1, 0.15) is 5.76 Å². The van der Waals surface area contributed by atoms with E-state index in [4.69, 9.17) is 21.4 Å². The summed E-state index contributed by atoms with van der Waals surface area (Å²) in [5.74, 6) is -1.68. The van der Waals surface area contributed by atoms with E-state index in [1.54, 1.807) is 24.3 Å². The smallest absolute Gasteiger partial charge is 0.295 e. The van der Waals surface area contributed by atoms with E-state index in [0.29, 0.717) is 10.6 Å². The number of halogens is 1. The number of ketones is 1. The molecule has 1 amide bonds. The minimum atomic E-state index is -0.742. The first-order valence-corrected chi connectivity index (χ1v) is 10.2. The maximum atomic E-state index is 12.9. The number of carbonyl (C=O) groups is 2. The molecule has 1 aliphatic heterocycles. The lowest BCUT2D eigenvalue weighted by atomic mass is 9.94. The van der Waals surface area contributed by atoms with Gasteiger partial charge in [-0.05, 0) is 41.8 Å². The molecule has 7 heteroatoms. The van der Waals surface area contributed by atoms with Crippen molar-refractivity contribution in [3.63, 3.8) is 0 Å². The van der Waals surface area contributed by atoms with Crippen LogP contribution in [0.15, 0.2) is 54.1 Å². The van der Waals surface area contributed by atoms with Crippen molar-refractivity contribution < 1.29 is 24.5 Å². The number of rotatable bonds is 8. The van der Waals surface area contributed by atoms with E-state index in [1.807, 2.05) is 31.2 Å². The standard InChI is InChI=1S/C23H24ClNO5/c1-2-15-3-5-16(6-4-15)20-19(21(27)17-7-9-18(24)10-8-17)22(28)23(29)25(20)11-13-30-14-12-26/h3-10,20,26-27H,2,11-14H2,1H3/b21-19+. The van der Waals surface area contributed by atoms with E-state index in [2.05, 4.69) is 0 Å². The Hall–Kier alpha value is -2.67. The van der Waals surface area contributed by atoms with Crippen LogP contribution in [0.2, 0.25) is 5.02 Å². The normalized spacial score (nSPS) is 18.2. The second-order valence-corrected chi connectivity index (χ2v) is 7.37. The van der Waals surface area contributed by atoms with Gasteiger partial charge in [0.15, 0.2) is 0 Å². The van der Waals surface area contributed by atoms with Crippen molar-refractivity contribution in [2.75, 3.05) is 26.4 Å². The average Bonchev–Trinajstić information content (AvgIpc) is 3.01. The van der Waals surface area contributed by atoms with Gasteiger partial charge in [-0.2, -0.15) is 0 Å². The minimum absolute atomic E-state index is 0.0359. The SMILES string of the molecule is CCc1ccc(C2/C(=C(\O)c3ccc(Cl)cc3)C(=O)C(=O)N2CCOCCO)cc1. The molecule has 1 atom stereocenters. The van der Waals surface area contributed by atoms with Gasteiger partial charge >= 0.3 is 0 Å². The molecule has 0 bridgehead atoms. The molecule has 3 rings (SSSR count). The zero-order valence-electron chi connectivity index (χ0n) is 16.7. The molecule has 0 aromatic heterocycles. The van der Waals surface area contributed by atoms with Crippen LogP contribution in [0.3, 0.4) is 0 Å². The Bertz CT molecular complexity index is 937. The van der Waals surface area contributed by atoms with Crippen LogP contribution in [0.25, 0.3) is 5.76 Å². The number of aliphatic hydroxyl groups is 2. The Morgan fingerprint density at radius 1 is 1.07 bits per heavy atom. The van der Waals surface area contributed by atoms with E-state index in [1.165, 1.54) is 4.90 Å². The summed E-state index contributed by atoms with van der Waals surface area (Å²) >= 11 is 5.93. The predicted octanol–water partition coefficient (Wildman–Crippen LogP) is 3.33. The summed E-state index contributed by atoms with van der Waals surface area (Å²) in [6.45, 7) is 2.38. The molecule has 1 aliphatic rings. The summed E-state index contributed by atoms with van der Waals surface area (Å²) in [4.78, 5) is 27.1. The molecule has 30 heavy (non-hydrogen) atoms. The molecule has 1 unspecified atom stereocenters. The number of ether oxygens (including phenoxy) is 1. The van der Waals surface area contributed by atoms with Crippen molar-refractivity contribution in [2.24, 2.45) is 0 Å². The highest BCUT2D eigenvalue weighted by molar-refractivity contribution is 6.46. The molecule has 1 heterocycles. The molecule has 1 saturated heterocycles. The number of likely N-dealkylation sites (tertiary alicyclic amines) is 1. The fourth-order valence-electron chi connectivity index (χ4n) is 3.49. The summed E-state index contributed by atoms with van der Waals surface area (Å²) in [7, 11) is 0. The van der Waals surface area contributed by atoms with Gasteiger partial charge in [-0.1, -0.05) is 42.8 Å². The average molecular weight is 430 g/mol. The van der Waals surface area contributed by atoms with Gasteiger partial charge in [-0.25, -0.2) is 0 Å². The van der Waals surface area contributed by atoms with Gasteiger partial charge in [0.25, 0.3) is 11.7 Å². The van der Waals surface area contributed by atoms with E-state index >= 15 is 0 Å². The topological polar surface area (TPSA) is 87.1 Å². The number of aliphatic hydroxyl groups excluding tert-OH is 2. The molecule has 0 saturated carbocycles. The largest absolute Gasteiger partial charge is 0.507 e. The second-order valence-electron chi connectivity index (χ2n) is 6.93. The molecule has 1 fully saturated rings. The maximum Gasteiger partial charge on any atom is 0.295 e. The number of carbonyl (C=O) groups excluding carboxylic acids is 2. The molecule has 2 aromatic carbocycles. The number of benzene rings is 2. The zero-order valence-corrected chi connectivity index (χ0v) is 17.4. The maximum absolute atomic E-state index is 12.9. The zero-order chi connectivity index (χ0) is 21.7. The van der Waals surface area contributed by atoms with Gasteiger partial charge in [0, 0.05) is 17.1 Å². The number of amides is 1. The van der Waals surface area contributed by atoms with E-state index in [-0.39, 0.29) is 37.7 Å². The van der Waals surface area contributed by atoms with Crippen LogP contribution in [-0.2, 0) is 20.7 Å². The van der Waals surface area contributed by atoms with Crippen LogP contribution >= 0.6 is 11.6 Å². The third kappa shape index (κ3) is 4.56. The lowest BCUT2D eigenvalue weighted by Crippen LogP contribution is -2.33. The number of aryl methyl sites for hydroxylation is 1. The molecule has 6 nitrogen and oxygen atoms in total. The summed E-state index contributed by atoms with van der Waals surface area (Å²) < 4.78 is 5.29. The summed E-state index contributed by atoms with van der Waals surface area (Å²) in [5.41, 5.74) is 2.29. The summed E-state index contributed by atoms with van der Waals surface area (Å²) in [5, 5.41) is 20.3. The number of nitrogens with zero attached hydrogens (tertiary/aromatic N) is 1. The van der Waals surface area contributed by atoms with Crippen molar-refractivity contribution in [1.29, 1.82) is 0 Å². The molecule has 158 valence electrons. The van der Waals surface area contributed by atoms with Gasteiger partial charge in [-0.15, -0.1) is 0 Å². The molecular formula is C23H24ClNO5. The molecule has 0 spiro atoms. The molecule has 0 radical (unpaired) electrons. The Morgan fingerprint density at radius 2 is 1.73 bits per heavy atom. The van der Waals surface area contributed by atoms with Crippen molar-refractivity contribution in [3.8, 4) is 0 Å². The highest BCUT2D eigenvalue weighted by Crippen LogP contribution is 2.39. The number of hydrogen-bond donors (Lipinski definition) is 2. The van der Waals surface area contributed by atoms with Crippen LogP contribution in [0.1, 0.15) is 29.7 Å². The lowest BCUT2D eigenvalue weighted by Gasteiger charge is -2.25. The fourth-order valence-corrected chi connectivity index (χ4v) is 3.61. The van der Waals surface area contributed by atoms with Crippen LogP contribution < -0.4 is 0 Å². The third-order valence-corrected chi connectivity index (χ3v) is 5.33. The Labute approximate surface area is 180 Å². The monoisotopic (exact) mass is 429 g/mol. The van der Waals surface area contributed by atoms with Crippen molar-refractivity contribution in [2.45, 2.75) is 19.4 Å². The van der Waals surface area contributed by atoms with E-state index in [9.17, 15) is 14.7 Å². The van der Waals surface area contributed by atoms with E-state index in [0.717, 1.165) is 17.5 Å². The quantitative estimate of drug-likeness (QED) is 0.291. The summed E-state index contributed by atoms with van der Waals surface area (Å²) in [6, 6.07) is 13.3. The van der Waals surface area contributed by atoms with Gasteiger partial charge in [0.05, 0.1) is 31.4 Å². The first-order valence-electron chi connectivity index (χ1n) is 9.79. The predicted molar refractivity (Wildman–Crippen MR) is 114 cm³/mol. The molecule has 2 aromatic rings. The van der Waals surface area contributed by atoms with Crippen molar-refractivity contribution in [1.82, 2.24) is 4.90 Å². The van der Waals surface area contributed by atoms with E-state index < -0.39 is 17.7 Å². The highest BCUT2D eigenvalue weighted by Gasteiger charge is 2.45. The Balaban J connectivity index is 2.05. The Kier molecular flexibility index (Phi) is 7.26. The first-order chi connectivity index (χ1) is 14.5. The first kappa shape index (κ1) is 22.0. The van der Waals surface area contributed by atoms with Gasteiger partial charge in [-0.3, -0.25) is 9.59 Å². The number of Topliss-reactive ketones (excluding diaryl/α,β-unsaturated/α-hetero) is 1. The van der Waals surface area contributed by atoms with Crippen LogP contribution in [0.4, 0.5) is 0 Å². The van der Waals surface area contributed by atoms with Gasteiger partial charge < -0.3 is 19.8 Å². The van der Waals surface area contributed by atoms with Crippen LogP contribution in [-0.4, -0.2) is 53.2 Å². The number of hydrogen-bond acceptors (Lipinski definition) is 5. The Morgan fingerprint density at radius 3 is 2.33 bits per heavy atom. The molecular weight excluding hydrogens is 406 g/mol. The van der Waals surface area contributed by atoms with Crippen LogP contribution in [0.5, 0.6) is 0 Å². The van der Waals surface area contributed by atoms with Crippen LogP contribution in [0, 0.1) is 0 Å². The minimum Gasteiger partial charge on any atom is -0.507 e. The lowest BCUT2D eigenvalue weighted by molar-refractivity contribution is -0.140. The van der Waals surface area contributed by atoms with Crippen molar-refractivity contribution in [3.05, 3.63) is 75.8 Å². The van der Waals surface area contributed by atoms with Gasteiger partial charge in [0.2, 0.25) is 0 Å². The third-order valence-electron chi connectivity index (χ3n) is 5.07. The van der Waals surface area contributed by atoms with Crippen molar-refractivity contribution >= 4 is 29.1 Å². The molecule has 2 N–H and O–H groups in total. The summed E-state index contributed by atoms with van der Waals surface area (Å²) in [6.07, 6.45) is 0.861. The second kappa shape index (κ2) is 9.89. The fraction of sp³-hybridized carbons (Fsp3) is 0.304.